The molecule has 0 amide bonds. The highest BCUT2D eigenvalue weighted by atomic mass is 79.9. The van der Waals surface area contributed by atoms with Gasteiger partial charge in [-0.3, -0.25) is 4.98 Å². The second-order valence-corrected chi connectivity index (χ2v) is 7.31. The van der Waals surface area contributed by atoms with Crippen molar-refractivity contribution >= 4 is 15.9 Å². The molecule has 1 N–H and O–H groups in total. The average Bonchev–Trinajstić information content (AvgIpc) is 2.45. The summed E-state index contributed by atoms with van der Waals surface area (Å²) in [6.45, 7) is 6.72. The van der Waals surface area contributed by atoms with Crippen LogP contribution < -0.4 is 5.32 Å². The highest BCUT2D eigenvalue weighted by Crippen LogP contribution is 2.24. The quantitative estimate of drug-likeness (QED) is 0.871. The predicted octanol–water partition coefficient (Wildman–Crippen LogP) is 4.64. The number of nitrogens with zero attached hydrogens (tertiary/aromatic N) is 1. The molecule has 0 radical (unpaired) electrons. The molecule has 2 nitrogen and oxygen atoms in total. The van der Waals surface area contributed by atoms with Crippen LogP contribution >= 0.6 is 15.9 Å². The first-order valence-electron chi connectivity index (χ1n) is 7.28. The summed E-state index contributed by atoms with van der Waals surface area (Å²) in [5, 5.41) is 3.35. The number of aromatic nitrogens is 1. The maximum Gasteiger partial charge on any atom is 0.0577 e. The fourth-order valence-electron chi connectivity index (χ4n) is 2.32. The highest BCUT2D eigenvalue weighted by Gasteiger charge is 2.15. The van der Waals surface area contributed by atoms with Crippen molar-refractivity contribution in [2.24, 2.45) is 0 Å². The van der Waals surface area contributed by atoms with Gasteiger partial charge in [0, 0.05) is 10.7 Å². The molecule has 0 bridgehead atoms. The molecule has 0 saturated heterocycles. The molecule has 0 fully saturated rings. The predicted molar refractivity (Wildman–Crippen MR) is 92.6 cm³/mol. The Morgan fingerprint density at radius 3 is 2.24 bits per heavy atom. The molecule has 0 spiro atoms. The molecule has 0 aliphatic rings. The summed E-state index contributed by atoms with van der Waals surface area (Å²) in [5.41, 5.74) is 3.97. The zero-order valence-corrected chi connectivity index (χ0v) is 14.7. The zero-order chi connectivity index (χ0) is 15.5. The first-order chi connectivity index (χ1) is 9.90. The molecular weight excluding hydrogens is 324 g/mol. The minimum Gasteiger partial charge on any atom is -0.311 e. The molecule has 1 atom stereocenters. The Balaban J connectivity index is 2.13. The summed E-state index contributed by atoms with van der Waals surface area (Å²) in [4.78, 5) is 4.49. The van der Waals surface area contributed by atoms with Crippen molar-refractivity contribution in [2.75, 3.05) is 7.05 Å². The molecule has 2 rings (SSSR count). The van der Waals surface area contributed by atoms with E-state index < -0.39 is 0 Å². The van der Waals surface area contributed by atoms with Crippen LogP contribution in [0.1, 0.15) is 43.6 Å². The second kappa shape index (κ2) is 6.71. The van der Waals surface area contributed by atoms with E-state index in [1.54, 1.807) is 0 Å². The fraction of sp³-hybridized carbons (Fsp3) is 0.389. The Morgan fingerprint density at radius 2 is 1.76 bits per heavy atom. The van der Waals surface area contributed by atoms with Crippen molar-refractivity contribution in [3.8, 4) is 0 Å². The molecule has 1 aromatic carbocycles. The van der Waals surface area contributed by atoms with Crippen LogP contribution in [0.15, 0.2) is 47.1 Å². The molecule has 1 heterocycles. The Kier molecular flexibility index (Phi) is 5.17. The van der Waals surface area contributed by atoms with Gasteiger partial charge in [-0.1, -0.05) is 45.0 Å². The first-order valence-corrected chi connectivity index (χ1v) is 8.07. The van der Waals surface area contributed by atoms with Crippen LogP contribution in [-0.4, -0.2) is 12.0 Å². The van der Waals surface area contributed by atoms with Crippen LogP contribution in [0.3, 0.4) is 0 Å². The van der Waals surface area contributed by atoms with E-state index in [4.69, 9.17) is 0 Å². The smallest absolute Gasteiger partial charge is 0.0577 e. The van der Waals surface area contributed by atoms with Gasteiger partial charge in [-0.05, 0) is 58.1 Å². The lowest BCUT2D eigenvalue weighted by molar-refractivity contribution is 0.572. The zero-order valence-electron chi connectivity index (χ0n) is 13.2. The molecule has 0 aliphatic carbocycles. The second-order valence-electron chi connectivity index (χ2n) is 6.39. The monoisotopic (exact) mass is 346 g/mol. The molecule has 1 aromatic heterocycles. The third kappa shape index (κ3) is 4.39. The van der Waals surface area contributed by atoms with Crippen LogP contribution in [0.4, 0.5) is 0 Å². The number of benzene rings is 1. The first kappa shape index (κ1) is 16.2. The number of nitrogens with one attached hydrogen (secondary N) is 1. The van der Waals surface area contributed by atoms with E-state index in [0.29, 0.717) is 0 Å². The number of halogens is 1. The third-order valence-electron chi connectivity index (χ3n) is 3.72. The van der Waals surface area contributed by atoms with Crippen LogP contribution in [0, 0.1) is 0 Å². The number of likely N-dealkylation sites (N-methyl/N-ethyl adjacent to an activating group) is 1. The van der Waals surface area contributed by atoms with Gasteiger partial charge in [0.25, 0.3) is 0 Å². The maximum absolute atomic E-state index is 4.49. The molecule has 2 aromatic rings. The summed E-state index contributed by atoms with van der Waals surface area (Å²) in [6, 6.07) is 13.3. The Labute approximate surface area is 136 Å². The molecule has 112 valence electrons. The normalized spacial score (nSPS) is 13.2. The van der Waals surface area contributed by atoms with Gasteiger partial charge in [0.2, 0.25) is 0 Å². The van der Waals surface area contributed by atoms with Gasteiger partial charge >= 0.3 is 0 Å². The van der Waals surface area contributed by atoms with Crippen LogP contribution in [0.25, 0.3) is 0 Å². The van der Waals surface area contributed by atoms with Gasteiger partial charge in [0.1, 0.15) is 0 Å². The van der Waals surface area contributed by atoms with Crippen molar-refractivity contribution in [3.63, 3.8) is 0 Å². The lowest BCUT2D eigenvalue weighted by Gasteiger charge is -2.20. The van der Waals surface area contributed by atoms with Crippen molar-refractivity contribution in [1.82, 2.24) is 10.3 Å². The summed E-state index contributed by atoms with van der Waals surface area (Å²) in [5.74, 6) is 0. The topological polar surface area (TPSA) is 24.9 Å². The van der Waals surface area contributed by atoms with Gasteiger partial charge in [-0.15, -0.1) is 0 Å². The minimum atomic E-state index is 0.203. The number of hydrogen-bond donors (Lipinski definition) is 1. The number of hydrogen-bond acceptors (Lipinski definition) is 2. The van der Waals surface area contributed by atoms with E-state index >= 15 is 0 Å². The highest BCUT2D eigenvalue weighted by molar-refractivity contribution is 9.10. The summed E-state index contributed by atoms with van der Waals surface area (Å²) >= 11 is 3.43. The Bertz CT molecular complexity index is 568. The van der Waals surface area contributed by atoms with Crippen molar-refractivity contribution in [2.45, 2.75) is 38.6 Å². The molecular formula is C18H23BrN2. The van der Waals surface area contributed by atoms with Gasteiger partial charge in [0.05, 0.1) is 11.7 Å². The molecule has 1 unspecified atom stereocenters. The lowest BCUT2D eigenvalue weighted by atomic mass is 9.86. The third-order valence-corrected chi connectivity index (χ3v) is 4.18. The minimum absolute atomic E-state index is 0.203. The van der Waals surface area contributed by atoms with E-state index in [1.807, 2.05) is 19.3 Å². The lowest BCUT2D eigenvalue weighted by Crippen LogP contribution is -2.20. The van der Waals surface area contributed by atoms with Gasteiger partial charge in [-0.2, -0.15) is 0 Å². The van der Waals surface area contributed by atoms with Crippen molar-refractivity contribution in [1.29, 1.82) is 0 Å². The standard InChI is InChI=1S/C18H23BrN2/c1-18(2,3)14-7-5-13(6-8-14)11-17(20-4)16-10-9-15(19)12-21-16/h5-10,12,17,20H,11H2,1-4H3. The molecule has 3 heteroatoms. The molecule has 0 saturated carbocycles. The SMILES string of the molecule is CNC(Cc1ccc(C(C)(C)C)cc1)c1ccc(Br)cn1. The summed E-state index contributed by atoms with van der Waals surface area (Å²) in [6.07, 6.45) is 2.79. The van der Waals surface area contributed by atoms with E-state index in [9.17, 15) is 0 Å². The largest absolute Gasteiger partial charge is 0.311 e. The van der Waals surface area contributed by atoms with Crippen molar-refractivity contribution < 1.29 is 0 Å². The summed E-state index contributed by atoms with van der Waals surface area (Å²) in [7, 11) is 1.98. The van der Waals surface area contributed by atoms with Gasteiger partial charge in [0.15, 0.2) is 0 Å². The fourth-order valence-corrected chi connectivity index (χ4v) is 2.56. The Morgan fingerprint density at radius 1 is 1.10 bits per heavy atom. The van der Waals surface area contributed by atoms with Gasteiger partial charge < -0.3 is 5.32 Å². The number of rotatable bonds is 4. The van der Waals surface area contributed by atoms with Crippen molar-refractivity contribution in [3.05, 3.63) is 63.9 Å². The van der Waals surface area contributed by atoms with Crippen LogP contribution in [0.5, 0.6) is 0 Å². The van der Waals surface area contributed by atoms with Crippen LogP contribution in [-0.2, 0) is 11.8 Å². The molecule has 21 heavy (non-hydrogen) atoms. The maximum atomic E-state index is 4.49. The molecule has 0 aliphatic heterocycles. The van der Waals surface area contributed by atoms with E-state index in [2.05, 4.69) is 77.3 Å². The van der Waals surface area contributed by atoms with E-state index in [0.717, 1.165) is 16.6 Å². The van der Waals surface area contributed by atoms with E-state index in [1.165, 1.54) is 11.1 Å². The van der Waals surface area contributed by atoms with E-state index in [-0.39, 0.29) is 11.5 Å². The van der Waals surface area contributed by atoms with Crippen LogP contribution in [0.2, 0.25) is 0 Å². The number of pyridine rings is 1. The Hall–Kier alpha value is -1.19. The summed E-state index contributed by atoms with van der Waals surface area (Å²) < 4.78 is 1.01. The average molecular weight is 347 g/mol. The van der Waals surface area contributed by atoms with Gasteiger partial charge in [-0.25, -0.2) is 0 Å².